The lowest BCUT2D eigenvalue weighted by molar-refractivity contribution is -0.129. The Morgan fingerprint density at radius 3 is 2.62 bits per heavy atom. The fourth-order valence-corrected chi connectivity index (χ4v) is 3.66. The van der Waals surface area contributed by atoms with Gasteiger partial charge in [0.15, 0.2) is 23.3 Å². The highest BCUT2D eigenvalue weighted by atomic mass is 35.5. The van der Waals surface area contributed by atoms with Crippen LogP contribution in [0.1, 0.15) is 6.92 Å². The quantitative estimate of drug-likeness (QED) is 0.760. The number of carbonyl (C=O) groups is 1. The number of thioether (sulfide) groups is 1. The minimum absolute atomic E-state index is 0.0761. The second-order valence-electron chi connectivity index (χ2n) is 5.74. The summed E-state index contributed by atoms with van der Waals surface area (Å²) in [5, 5.41) is 1.60. The van der Waals surface area contributed by atoms with Gasteiger partial charge in [0.1, 0.15) is 0 Å². The van der Waals surface area contributed by atoms with E-state index in [4.69, 9.17) is 21.1 Å². The summed E-state index contributed by atoms with van der Waals surface area (Å²) in [6, 6.07) is 14.5. The number of methoxy groups -OCH3 is 1. The lowest BCUT2D eigenvalue weighted by Crippen LogP contribution is -2.36. The lowest BCUT2D eigenvalue weighted by Gasteiger charge is -2.17. The third-order valence-corrected chi connectivity index (χ3v) is 5.08. The molecule has 0 aliphatic carbocycles. The van der Waals surface area contributed by atoms with Crippen LogP contribution in [0, 0.1) is 0 Å². The number of amidine groups is 1. The van der Waals surface area contributed by atoms with Crippen LogP contribution < -0.4 is 9.47 Å². The van der Waals surface area contributed by atoms with Crippen molar-refractivity contribution < 1.29 is 14.3 Å². The van der Waals surface area contributed by atoms with Crippen molar-refractivity contribution in [1.82, 2.24) is 4.90 Å². The van der Waals surface area contributed by atoms with Crippen molar-refractivity contribution in [2.75, 3.05) is 20.3 Å². The molecule has 0 spiro atoms. The van der Waals surface area contributed by atoms with Crippen molar-refractivity contribution >= 4 is 40.1 Å². The van der Waals surface area contributed by atoms with E-state index in [1.165, 1.54) is 0 Å². The van der Waals surface area contributed by atoms with E-state index in [2.05, 4.69) is 11.9 Å². The Labute approximate surface area is 162 Å². The van der Waals surface area contributed by atoms with Crippen LogP contribution in [0.15, 0.2) is 53.5 Å². The van der Waals surface area contributed by atoms with E-state index in [0.29, 0.717) is 28.2 Å². The molecule has 2 aromatic rings. The molecule has 1 atom stereocenters. The summed E-state index contributed by atoms with van der Waals surface area (Å²) in [4.78, 5) is 18.9. The van der Waals surface area contributed by atoms with Crippen LogP contribution in [0.5, 0.6) is 11.5 Å². The zero-order valence-corrected chi connectivity index (χ0v) is 16.1. The van der Waals surface area contributed by atoms with E-state index >= 15 is 0 Å². The zero-order valence-electron chi connectivity index (χ0n) is 14.5. The summed E-state index contributed by atoms with van der Waals surface area (Å²) in [6.07, 6.45) is 0. The van der Waals surface area contributed by atoms with Crippen LogP contribution in [0.4, 0.5) is 5.69 Å². The predicted octanol–water partition coefficient (Wildman–Crippen LogP) is 4.38. The van der Waals surface area contributed by atoms with Crippen LogP contribution in [0.2, 0.25) is 5.02 Å². The maximum atomic E-state index is 12.7. The number of amides is 1. The van der Waals surface area contributed by atoms with Gasteiger partial charge in [-0.15, -0.1) is 0 Å². The molecule has 0 saturated carbocycles. The van der Waals surface area contributed by atoms with Crippen LogP contribution in [-0.2, 0) is 4.79 Å². The van der Waals surface area contributed by atoms with Crippen molar-refractivity contribution in [3.05, 3.63) is 53.6 Å². The van der Waals surface area contributed by atoms with Gasteiger partial charge in [0.05, 0.1) is 12.8 Å². The van der Waals surface area contributed by atoms with E-state index in [1.54, 1.807) is 48.0 Å². The predicted molar refractivity (Wildman–Crippen MR) is 106 cm³/mol. The van der Waals surface area contributed by atoms with Gasteiger partial charge < -0.3 is 9.47 Å². The standard InChI is InChI=1S/C19H19ClN2O3S/c1-13-11-22(19(26-13)21-15-9-7-14(20)8-10-15)18(23)12-25-17-6-4-3-5-16(17)24-2/h3-10,13H,11-12H2,1-2H3/t13-/m0/s1. The molecule has 1 heterocycles. The average Bonchev–Trinajstić information content (AvgIpc) is 3.02. The summed E-state index contributed by atoms with van der Waals surface area (Å²) < 4.78 is 10.9. The van der Waals surface area contributed by atoms with E-state index in [0.717, 1.165) is 5.69 Å². The molecule has 1 saturated heterocycles. The molecule has 136 valence electrons. The van der Waals surface area contributed by atoms with E-state index < -0.39 is 0 Å². The second-order valence-corrected chi connectivity index (χ2v) is 7.59. The third kappa shape index (κ3) is 4.51. The van der Waals surface area contributed by atoms with Crippen molar-refractivity contribution in [2.45, 2.75) is 12.2 Å². The number of para-hydroxylation sites is 2. The Balaban J connectivity index is 1.71. The topological polar surface area (TPSA) is 51.1 Å². The number of aliphatic imine (C=N–C) groups is 1. The van der Waals surface area contributed by atoms with Crippen LogP contribution in [0.3, 0.4) is 0 Å². The summed E-state index contributed by atoms with van der Waals surface area (Å²) in [5.41, 5.74) is 0.759. The number of ether oxygens (including phenoxy) is 2. The fourth-order valence-electron chi connectivity index (χ4n) is 2.49. The van der Waals surface area contributed by atoms with E-state index in [9.17, 15) is 4.79 Å². The van der Waals surface area contributed by atoms with Crippen LogP contribution in [0.25, 0.3) is 0 Å². The third-order valence-electron chi connectivity index (χ3n) is 3.75. The van der Waals surface area contributed by atoms with Gasteiger partial charge in [0.2, 0.25) is 0 Å². The number of halogens is 1. The summed E-state index contributed by atoms with van der Waals surface area (Å²) in [7, 11) is 1.57. The van der Waals surface area contributed by atoms with Crippen LogP contribution >= 0.6 is 23.4 Å². The Morgan fingerprint density at radius 2 is 1.92 bits per heavy atom. The molecule has 3 rings (SSSR count). The summed E-state index contributed by atoms with van der Waals surface area (Å²) in [5.74, 6) is 0.999. The molecule has 1 aliphatic rings. The minimum atomic E-state index is -0.138. The molecule has 0 aromatic heterocycles. The molecule has 7 heteroatoms. The Bertz CT molecular complexity index is 811. The van der Waals surface area contributed by atoms with Gasteiger partial charge in [-0.25, -0.2) is 4.99 Å². The van der Waals surface area contributed by atoms with E-state index in [1.807, 2.05) is 24.3 Å². The van der Waals surface area contributed by atoms with Gasteiger partial charge >= 0.3 is 0 Å². The highest BCUT2D eigenvalue weighted by Crippen LogP contribution is 2.30. The molecule has 0 bridgehead atoms. The Hall–Kier alpha value is -2.18. The first-order valence-electron chi connectivity index (χ1n) is 8.14. The van der Waals surface area contributed by atoms with Gasteiger partial charge in [-0.3, -0.25) is 9.69 Å². The average molecular weight is 391 g/mol. The maximum Gasteiger partial charge on any atom is 0.266 e. The highest BCUT2D eigenvalue weighted by Gasteiger charge is 2.31. The van der Waals surface area contributed by atoms with Crippen molar-refractivity contribution in [3.8, 4) is 11.5 Å². The molecule has 26 heavy (non-hydrogen) atoms. The first-order chi connectivity index (χ1) is 12.6. The molecular weight excluding hydrogens is 372 g/mol. The Morgan fingerprint density at radius 1 is 1.23 bits per heavy atom. The lowest BCUT2D eigenvalue weighted by atomic mass is 10.3. The summed E-state index contributed by atoms with van der Waals surface area (Å²) >= 11 is 7.48. The number of rotatable bonds is 5. The summed E-state index contributed by atoms with van der Waals surface area (Å²) in [6.45, 7) is 2.59. The first kappa shape index (κ1) is 18.6. The number of nitrogens with zero attached hydrogens (tertiary/aromatic N) is 2. The van der Waals surface area contributed by atoms with E-state index in [-0.39, 0.29) is 17.8 Å². The van der Waals surface area contributed by atoms with Gasteiger partial charge in [-0.2, -0.15) is 0 Å². The molecule has 5 nitrogen and oxygen atoms in total. The SMILES string of the molecule is COc1ccccc1OCC(=O)N1C[C@H](C)SC1=Nc1ccc(Cl)cc1. The number of hydrogen-bond acceptors (Lipinski definition) is 5. The van der Waals surface area contributed by atoms with Gasteiger partial charge in [0, 0.05) is 16.8 Å². The smallest absolute Gasteiger partial charge is 0.266 e. The molecule has 1 aliphatic heterocycles. The van der Waals surface area contributed by atoms with Gasteiger partial charge in [-0.05, 0) is 36.4 Å². The number of benzene rings is 2. The second kappa shape index (κ2) is 8.47. The number of carbonyl (C=O) groups excluding carboxylic acids is 1. The monoisotopic (exact) mass is 390 g/mol. The van der Waals surface area contributed by atoms with Crippen molar-refractivity contribution in [2.24, 2.45) is 4.99 Å². The zero-order chi connectivity index (χ0) is 18.5. The molecule has 0 unspecified atom stereocenters. The van der Waals surface area contributed by atoms with Crippen molar-refractivity contribution in [3.63, 3.8) is 0 Å². The molecular formula is C19H19ClN2O3S. The molecule has 1 fully saturated rings. The van der Waals surface area contributed by atoms with Crippen molar-refractivity contribution in [1.29, 1.82) is 0 Å². The van der Waals surface area contributed by atoms with Crippen LogP contribution in [-0.4, -0.2) is 41.5 Å². The highest BCUT2D eigenvalue weighted by molar-refractivity contribution is 8.14. The van der Waals surface area contributed by atoms with Gasteiger partial charge in [-0.1, -0.05) is 42.4 Å². The molecule has 0 N–H and O–H groups in total. The van der Waals surface area contributed by atoms with Gasteiger partial charge in [0.25, 0.3) is 5.91 Å². The first-order valence-corrected chi connectivity index (χ1v) is 9.39. The minimum Gasteiger partial charge on any atom is -0.493 e. The largest absolute Gasteiger partial charge is 0.493 e. The molecule has 0 radical (unpaired) electrons. The Kier molecular flexibility index (Phi) is 6.06. The molecule has 1 amide bonds. The number of hydrogen-bond donors (Lipinski definition) is 0. The maximum absolute atomic E-state index is 12.7. The normalized spacial score (nSPS) is 18.2. The molecule has 2 aromatic carbocycles. The fraction of sp³-hybridized carbons (Fsp3) is 0.263.